The summed E-state index contributed by atoms with van der Waals surface area (Å²) >= 11 is 0. The zero-order valence-electron chi connectivity index (χ0n) is 13.9. The average molecular weight is 311 g/mol. The van der Waals surface area contributed by atoms with Gasteiger partial charge in [-0.1, -0.05) is 30.3 Å². The molecule has 0 atom stereocenters. The summed E-state index contributed by atoms with van der Waals surface area (Å²) in [6, 6.07) is 17.6. The van der Waals surface area contributed by atoms with E-state index in [0.717, 1.165) is 36.4 Å². The van der Waals surface area contributed by atoms with Crippen LogP contribution in [0.3, 0.4) is 0 Å². The Bertz CT molecular complexity index is 594. The van der Waals surface area contributed by atoms with Crippen molar-refractivity contribution in [3.63, 3.8) is 0 Å². The Kier molecular flexibility index (Phi) is 6.63. The largest absolute Gasteiger partial charge is 0.385 e. The van der Waals surface area contributed by atoms with Crippen LogP contribution in [-0.2, 0) is 11.2 Å². The Morgan fingerprint density at radius 1 is 0.957 bits per heavy atom. The van der Waals surface area contributed by atoms with Crippen LogP contribution in [0.2, 0.25) is 0 Å². The molecule has 0 heterocycles. The molecule has 0 radical (unpaired) electrons. The molecule has 0 saturated heterocycles. The predicted octanol–water partition coefficient (Wildman–Crippen LogP) is 3.23. The fourth-order valence-corrected chi connectivity index (χ4v) is 2.29. The third-order valence-corrected chi connectivity index (χ3v) is 3.49. The fourth-order valence-electron chi connectivity index (χ4n) is 2.29. The lowest BCUT2D eigenvalue weighted by Gasteiger charge is -2.11. The van der Waals surface area contributed by atoms with Crippen molar-refractivity contribution in [3.8, 4) is 0 Å². The Morgan fingerprint density at radius 2 is 1.61 bits per heavy atom. The summed E-state index contributed by atoms with van der Waals surface area (Å²) in [6.07, 6.45) is 1.49. The Labute approximate surface area is 138 Å². The van der Waals surface area contributed by atoms with Gasteiger partial charge in [-0.3, -0.25) is 4.79 Å². The Balaban J connectivity index is 1.77. The van der Waals surface area contributed by atoms with E-state index < -0.39 is 0 Å². The van der Waals surface area contributed by atoms with Crippen LogP contribution < -0.4 is 10.6 Å². The number of carbonyl (C=O) groups excluding carboxylic acids is 1. The quantitative estimate of drug-likeness (QED) is 0.736. The molecule has 0 aliphatic heterocycles. The number of amides is 1. The van der Waals surface area contributed by atoms with Crippen molar-refractivity contribution >= 4 is 17.3 Å². The summed E-state index contributed by atoms with van der Waals surface area (Å²) in [5, 5.41) is 6.31. The van der Waals surface area contributed by atoms with Gasteiger partial charge in [-0.25, -0.2) is 0 Å². The van der Waals surface area contributed by atoms with Gasteiger partial charge in [-0.05, 0) is 56.9 Å². The molecule has 2 N–H and O–H groups in total. The van der Waals surface area contributed by atoms with Crippen LogP contribution in [-0.4, -0.2) is 38.0 Å². The second-order valence-electron chi connectivity index (χ2n) is 5.87. The van der Waals surface area contributed by atoms with Crippen molar-refractivity contribution in [2.75, 3.05) is 37.8 Å². The molecule has 2 rings (SSSR count). The minimum atomic E-state index is 0.00268. The van der Waals surface area contributed by atoms with Crippen molar-refractivity contribution in [2.24, 2.45) is 0 Å². The van der Waals surface area contributed by atoms with Crippen molar-refractivity contribution in [1.82, 2.24) is 4.90 Å². The lowest BCUT2D eigenvalue weighted by Crippen LogP contribution is -2.16. The lowest BCUT2D eigenvalue weighted by atomic mass is 10.1. The zero-order valence-corrected chi connectivity index (χ0v) is 13.9. The maximum atomic E-state index is 12.0. The SMILES string of the molecule is CN(C)CCCNc1ccc(NC(=O)Cc2ccccc2)cc1. The number of rotatable bonds is 8. The maximum absolute atomic E-state index is 12.0. The zero-order chi connectivity index (χ0) is 16.5. The third kappa shape index (κ3) is 6.53. The minimum absolute atomic E-state index is 0.00268. The average Bonchev–Trinajstić information content (AvgIpc) is 2.54. The first-order chi connectivity index (χ1) is 11.1. The summed E-state index contributed by atoms with van der Waals surface area (Å²) in [6.45, 7) is 2.01. The molecule has 0 spiro atoms. The topological polar surface area (TPSA) is 44.4 Å². The molecule has 4 heteroatoms. The van der Waals surface area contributed by atoms with E-state index in [0.29, 0.717) is 6.42 Å². The highest BCUT2D eigenvalue weighted by atomic mass is 16.1. The van der Waals surface area contributed by atoms with Gasteiger partial charge in [-0.15, -0.1) is 0 Å². The van der Waals surface area contributed by atoms with Crippen molar-refractivity contribution in [2.45, 2.75) is 12.8 Å². The lowest BCUT2D eigenvalue weighted by molar-refractivity contribution is -0.115. The Morgan fingerprint density at radius 3 is 2.26 bits per heavy atom. The molecule has 122 valence electrons. The van der Waals surface area contributed by atoms with Gasteiger partial charge >= 0.3 is 0 Å². The number of hydrogen-bond acceptors (Lipinski definition) is 3. The first kappa shape index (κ1) is 17.0. The van der Waals surface area contributed by atoms with E-state index in [4.69, 9.17) is 0 Å². The van der Waals surface area contributed by atoms with E-state index in [1.807, 2.05) is 54.6 Å². The summed E-state index contributed by atoms with van der Waals surface area (Å²) in [5.74, 6) is 0.00268. The normalized spacial score (nSPS) is 10.6. The van der Waals surface area contributed by atoms with Crippen molar-refractivity contribution < 1.29 is 4.79 Å². The monoisotopic (exact) mass is 311 g/mol. The molecule has 2 aromatic rings. The number of nitrogens with one attached hydrogen (secondary N) is 2. The highest BCUT2D eigenvalue weighted by Gasteiger charge is 2.03. The highest BCUT2D eigenvalue weighted by molar-refractivity contribution is 5.92. The van der Waals surface area contributed by atoms with E-state index in [1.54, 1.807) is 0 Å². The van der Waals surface area contributed by atoms with Gasteiger partial charge in [-0.2, -0.15) is 0 Å². The smallest absolute Gasteiger partial charge is 0.228 e. The van der Waals surface area contributed by atoms with Crippen LogP contribution >= 0.6 is 0 Å². The molecule has 0 unspecified atom stereocenters. The van der Waals surface area contributed by atoms with E-state index in [2.05, 4.69) is 29.6 Å². The number of carbonyl (C=O) groups is 1. The molecule has 4 nitrogen and oxygen atoms in total. The van der Waals surface area contributed by atoms with Gasteiger partial charge in [0.2, 0.25) is 5.91 Å². The minimum Gasteiger partial charge on any atom is -0.385 e. The van der Waals surface area contributed by atoms with Gasteiger partial charge in [0.15, 0.2) is 0 Å². The van der Waals surface area contributed by atoms with Crippen LogP contribution in [0.1, 0.15) is 12.0 Å². The van der Waals surface area contributed by atoms with E-state index in [9.17, 15) is 4.79 Å². The number of hydrogen-bond donors (Lipinski definition) is 2. The third-order valence-electron chi connectivity index (χ3n) is 3.49. The molecular weight excluding hydrogens is 286 g/mol. The Hall–Kier alpha value is -2.33. The molecular formula is C19H25N3O. The van der Waals surface area contributed by atoms with Crippen LogP contribution in [0.5, 0.6) is 0 Å². The molecule has 0 aromatic heterocycles. The first-order valence-electron chi connectivity index (χ1n) is 7.96. The molecule has 1 amide bonds. The van der Waals surface area contributed by atoms with Gasteiger partial charge in [0.1, 0.15) is 0 Å². The standard InChI is InChI=1S/C19H25N3O/c1-22(2)14-6-13-20-17-9-11-18(12-10-17)21-19(23)15-16-7-4-3-5-8-16/h3-5,7-12,20H,6,13-15H2,1-2H3,(H,21,23). The van der Waals surface area contributed by atoms with Crippen LogP contribution in [0.4, 0.5) is 11.4 Å². The molecule has 2 aromatic carbocycles. The summed E-state index contributed by atoms with van der Waals surface area (Å²) in [7, 11) is 4.15. The van der Waals surface area contributed by atoms with E-state index in [1.165, 1.54) is 0 Å². The van der Waals surface area contributed by atoms with Gasteiger partial charge in [0.05, 0.1) is 6.42 Å². The van der Waals surface area contributed by atoms with Gasteiger partial charge in [0.25, 0.3) is 0 Å². The summed E-state index contributed by atoms with van der Waals surface area (Å²) < 4.78 is 0. The van der Waals surface area contributed by atoms with E-state index >= 15 is 0 Å². The van der Waals surface area contributed by atoms with Gasteiger partial charge in [0, 0.05) is 17.9 Å². The van der Waals surface area contributed by atoms with Crippen LogP contribution in [0, 0.1) is 0 Å². The number of anilines is 2. The summed E-state index contributed by atoms with van der Waals surface area (Å²) in [4.78, 5) is 14.2. The van der Waals surface area contributed by atoms with Crippen LogP contribution in [0.15, 0.2) is 54.6 Å². The maximum Gasteiger partial charge on any atom is 0.228 e. The molecule has 23 heavy (non-hydrogen) atoms. The second-order valence-corrected chi connectivity index (χ2v) is 5.87. The molecule has 0 aliphatic carbocycles. The first-order valence-corrected chi connectivity index (χ1v) is 7.96. The van der Waals surface area contributed by atoms with E-state index in [-0.39, 0.29) is 5.91 Å². The summed E-state index contributed by atoms with van der Waals surface area (Å²) in [5.41, 5.74) is 2.92. The van der Waals surface area contributed by atoms with Crippen LogP contribution in [0.25, 0.3) is 0 Å². The molecule has 0 bridgehead atoms. The van der Waals surface area contributed by atoms with Crippen molar-refractivity contribution in [3.05, 3.63) is 60.2 Å². The number of benzene rings is 2. The second kappa shape index (κ2) is 8.96. The van der Waals surface area contributed by atoms with Gasteiger partial charge < -0.3 is 15.5 Å². The molecule has 0 saturated carbocycles. The predicted molar refractivity (Wildman–Crippen MR) is 96.9 cm³/mol. The highest BCUT2D eigenvalue weighted by Crippen LogP contribution is 2.14. The van der Waals surface area contributed by atoms with Crippen molar-refractivity contribution in [1.29, 1.82) is 0 Å². The molecule has 0 fully saturated rings. The fraction of sp³-hybridized carbons (Fsp3) is 0.316. The number of nitrogens with zero attached hydrogens (tertiary/aromatic N) is 1. The molecule has 0 aliphatic rings.